The molecule has 6 nitrogen and oxygen atoms in total. The lowest BCUT2D eigenvalue weighted by Crippen LogP contribution is -2.40. The molecule has 0 aliphatic carbocycles. The number of hydrogen-bond acceptors (Lipinski definition) is 5. The molecule has 9 heteroatoms. The van der Waals surface area contributed by atoms with Crippen LogP contribution in [0.4, 0.5) is 4.79 Å². The lowest BCUT2D eigenvalue weighted by Gasteiger charge is -2.24. The number of halogens is 3. The van der Waals surface area contributed by atoms with Crippen molar-refractivity contribution < 1.29 is 14.6 Å². The topological polar surface area (TPSA) is 84.3 Å². The minimum absolute atomic E-state index is 0.0784. The van der Waals surface area contributed by atoms with Crippen molar-refractivity contribution in [2.45, 2.75) is 45.4 Å². The van der Waals surface area contributed by atoms with E-state index in [2.05, 4.69) is 15.3 Å². The molecule has 0 aliphatic rings. The zero-order valence-corrected chi connectivity index (χ0v) is 14.2. The smallest absolute Gasteiger partial charge is 0.407 e. The molecule has 0 fully saturated rings. The molecule has 21 heavy (non-hydrogen) atoms. The Labute approximate surface area is 137 Å². The van der Waals surface area contributed by atoms with Crippen molar-refractivity contribution in [1.29, 1.82) is 0 Å². The molecule has 2 unspecified atom stereocenters. The van der Waals surface area contributed by atoms with E-state index in [1.165, 1.54) is 0 Å². The molecule has 0 bridgehead atoms. The van der Waals surface area contributed by atoms with Gasteiger partial charge in [0.25, 0.3) is 0 Å². The highest BCUT2D eigenvalue weighted by molar-refractivity contribution is 6.36. The number of aliphatic hydroxyl groups is 1. The maximum Gasteiger partial charge on any atom is 0.407 e. The van der Waals surface area contributed by atoms with Gasteiger partial charge in [-0.2, -0.15) is 0 Å². The van der Waals surface area contributed by atoms with E-state index in [0.717, 1.165) is 0 Å². The van der Waals surface area contributed by atoms with Crippen LogP contribution in [-0.2, 0) is 4.74 Å². The van der Waals surface area contributed by atoms with Crippen LogP contribution in [0, 0.1) is 0 Å². The molecule has 118 valence electrons. The van der Waals surface area contributed by atoms with Crippen molar-refractivity contribution in [3.8, 4) is 0 Å². The van der Waals surface area contributed by atoms with Crippen molar-refractivity contribution >= 4 is 40.9 Å². The zero-order valence-electron chi connectivity index (χ0n) is 11.9. The van der Waals surface area contributed by atoms with Gasteiger partial charge in [0.2, 0.25) is 5.28 Å². The van der Waals surface area contributed by atoms with Crippen molar-refractivity contribution in [1.82, 2.24) is 15.3 Å². The van der Waals surface area contributed by atoms with Crippen LogP contribution in [0.5, 0.6) is 0 Å². The maximum absolute atomic E-state index is 11.7. The van der Waals surface area contributed by atoms with Crippen molar-refractivity contribution in [3.63, 3.8) is 0 Å². The summed E-state index contributed by atoms with van der Waals surface area (Å²) in [6, 6.07) is -0.723. The third-order valence-electron chi connectivity index (χ3n) is 2.34. The summed E-state index contributed by atoms with van der Waals surface area (Å²) in [7, 11) is 0. The normalized spacial score (nSPS) is 14.5. The SMILES string of the molecule is CC(NC(=O)OC(C)(C)C)C(O)c1c(Cl)nc(Cl)nc1Cl. The maximum atomic E-state index is 11.7. The summed E-state index contributed by atoms with van der Waals surface area (Å²) in [5.41, 5.74) is -0.556. The molecule has 0 saturated carbocycles. The van der Waals surface area contributed by atoms with Crippen LogP contribution in [0.2, 0.25) is 15.6 Å². The Morgan fingerprint density at radius 3 is 2.14 bits per heavy atom. The molecule has 1 aromatic heterocycles. The molecule has 0 radical (unpaired) electrons. The fourth-order valence-electron chi connectivity index (χ4n) is 1.46. The van der Waals surface area contributed by atoms with Crippen LogP contribution in [0.3, 0.4) is 0 Å². The summed E-state index contributed by atoms with van der Waals surface area (Å²) in [5.74, 6) is 0. The molecule has 2 atom stereocenters. The van der Waals surface area contributed by atoms with Gasteiger partial charge in [-0.1, -0.05) is 23.2 Å². The Hall–Kier alpha value is -0.820. The van der Waals surface area contributed by atoms with Gasteiger partial charge in [-0.15, -0.1) is 0 Å². The lowest BCUT2D eigenvalue weighted by molar-refractivity contribution is 0.0435. The molecule has 1 rings (SSSR count). The molecule has 1 amide bonds. The zero-order chi connectivity index (χ0) is 16.4. The lowest BCUT2D eigenvalue weighted by atomic mass is 10.1. The highest BCUT2D eigenvalue weighted by Gasteiger charge is 2.27. The molecule has 0 aliphatic heterocycles. The second-order valence-corrected chi connectivity index (χ2v) is 6.42. The molecule has 1 aromatic rings. The van der Waals surface area contributed by atoms with Crippen LogP contribution in [-0.4, -0.2) is 32.8 Å². The Kier molecular flexibility index (Phi) is 6.04. The quantitative estimate of drug-likeness (QED) is 0.640. The number of hydrogen-bond donors (Lipinski definition) is 2. The predicted octanol–water partition coefficient (Wildman–Crippen LogP) is 3.38. The minimum Gasteiger partial charge on any atom is -0.444 e. The van der Waals surface area contributed by atoms with Crippen LogP contribution in [0.15, 0.2) is 0 Å². The number of ether oxygens (including phenoxy) is 1. The van der Waals surface area contributed by atoms with Crippen LogP contribution < -0.4 is 5.32 Å². The first-order chi connectivity index (χ1) is 9.51. The predicted molar refractivity (Wildman–Crippen MR) is 80.9 cm³/mol. The Morgan fingerprint density at radius 1 is 1.24 bits per heavy atom. The number of alkyl carbamates (subject to hydrolysis) is 1. The first-order valence-corrected chi connectivity index (χ1v) is 7.20. The van der Waals surface area contributed by atoms with Crippen molar-refractivity contribution in [2.24, 2.45) is 0 Å². The fraction of sp³-hybridized carbons (Fsp3) is 0.583. The first-order valence-electron chi connectivity index (χ1n) is 6.07. The number of amides is 1. The number of nitrogens with one attached hydrogen (secondary N) is 1. The minimum atomic E-state index is -1.21. The summed E-state index contributed by atoms with van der Waals surface area (Å²) in [5, 5.41) is 12.4. The van der Waals surface area contributed by atoms with Crippen LogP contribution in [0.1, 0.15) is 39.4 Å². The van der Waals surface area contributed by atoms with Gasteiger partial charge >= 0.3 is 6.09 Å². The monoisotopic (exact) mass is 355 g/mol. The molecule has 1 heterocycles. The Bertz CT molecular complexity index is 511. The summed E-state index contributed by atoms with van der Waals surface area (Å²) in [6.07, 6.45) is -1.88. The molecule has 0 aromatic carbocycles. The van der Waals surface area contributed by atoms with Crippen molar-refractivity contribution in [2.75, 3.05) is 0 Å². The molecule has 0 spiro atoms. The van der Waals surface area contributed by atoms with E-state index in [-0.39, 0.29) is 21.2 Å². The van der Waals surface area contributed by atoms with E-state index in [0.29, 0.717) is 0 Å². The van der Waals surface area contributed by atoms with E-state index in [4.69, 9.17) is 39.5 Å². The van der Waals surface area contributed by atoms with Gasteiger partial charge in [-0.25, -0.2) is 14.8 Å². The average molecular weight is 357 g/mol. The van der Waals surface area contributed by atoms with E-state index < -0.39 is 23.8 Å². The van der Waals surface area contributed by atoms with E-state index in [1.54, 1.807) is 27.7 Å². The first kappa shape index (κ1) is 18.2. The van der Waals surface area contributed by atoms with Gasteiger partial charge in [-0.3, -0.25) is 0 Å². The third-order valence-corrected chi connectivity index (χ3v) is 3.08. The number of aromatic nitrogens is 2. The van der Waals surface area contributed by atoms with Gasteiger partial charge in [0.1, 0.15) is 22.0 Å². The number of carbonyl (C=O) groups is 1. The largest absolute Gasteiger partial charge is 0.444 e. The highest BCUT2D eigenvalue weighted by Crippen LogP contribution is 2.30. The number of nitrogens with zero attached hydrogens (tertiary/aromatic N) is 2. The van der Waals surface area contributed by atoms with Crippen molar-refractivity contribution in [3.05, 3.63) is 21.2 Å². The molecule has 0 saturated heterocycles. The summed E-state index contributed by atoms with van der Waals surface area (Å²) in [4.78, 5) is 19.1. The van der Waals surface area contributed by atoms with Gasteiger partial charge in [0.15, 0.2) is 0 Å². The molecule has 2 N–H and O–H groups in total. The van der Waals surface area contributed by atoms with E-state index in [9.17, 15) is 9.90 Å². The van der Waals surface area contributed by atoms with Gasteiger partial charge in [0, 0.05) is 0 Å². The Balaban J connectivity index is 2.84. The summed E-state index contributed by atoms with van der Waals surface area (Å²) in [6.45, 7) is 6.76. The van der Waals surface area contributed by atoms with Gasteiger partial charge < -0.3 is 15.2 Å². The molecular weight excluding hydrogens is 341 g/mol. The highest BCUT2D eigenvalue weighted by atomic mass is 35.5. The number of carbonyl (C=O) groups excluding carboxylic acids is 1. The third kappa shape index (κ3) is 5.47. The number of aliphatic hydroxyl groups excluding tert-OH is 1. The second kappa shape index (κ2) is 6.96. The van der Waals surface area contributed by atoms with E-state index >= 15 is 0 Å². The van der Waals surface area contributed by atoms with Crippen LogP contribution >= 0.6 is 34.8 Å². The molecular formula is C12H16Cl3N3O3. The summed E-state index contributed by atoms with van der Waals surface area (Å²) >= 11 is 17.4. The standard InChI is InChI=1S/C12H16Cl3N3O3/c1-5(16-11(20)21-12(2,3)4)7(19)6-8(13)17-10(15)18-9(6)14/h5,7,19H,1-4H3,(H,16,20). The van der Waals surface area contributed by atoms with Crippen LogP contribution in [0.25, 0.3) is 0 Å². The van der Waals surface area contributed by atoms with E-state index in [1.807, 2.05) is 0 Å². The van der Waals surface area contributed by atoms with Gasteiger partial charge in [-0.05, 0) is 39.3 Å². The Morgan fingerprint density at radius 2 is 1.71 bits per heavy atom. The fourth-order valence-corrected chi connectivity index (χ4v) is 2.33. The number of rotatable bonds is 3. The average Bonchev–Trinajstić information content (AvgIpc) is 2.24. The summed E-state index contributed by atoms with van der Waals surface area (Å²) < 4.78 is 5.09. The van der Waals surface area contributed by atoms with Gasteiger partial charge in [0.05, 0.1) is 11.6 Å². The second-order valence-electron chi connectivity index (χ2n) is 5.37.